The smallest absolute Gasteiger partial charge is 0.251 e. The lowest BCUT2D eigenvalue weighted by Crippen LogP contribution is -2.35. The maximum atomic E-state index is 12.3. The number of morpholine rings is 1. The van der Waals surface area contributed by atoms with E-state index in [1.165, 1.54) is 5.56 Å². The molecule has 1 aliphatic rings. The molecule has 4 rings (SSSR count). The van der Waals surface area contributed by atoms with Gasteiger partial charge in [-0.15, -0.1) is 0 Å². The zero-order valence-corrected chi connectivity index (χ0v) is 15.6. The standard InChI is InChI=1S/C22H23N3O3/c26-22(24-14-18-7-10-28-16-18)20-4-2-19(3-5-20)21-6-1-17(13-23-21)15-25-8-11-27-12-9-25/h1-7,10,13,16H,8-9,11-12,14-15H2,(H,24,26). The Kier molecular flexibility index (Phi) is 5.80. The van der Waals surface area contributed by atoms with Crippen molar-refractivity contribution in [1.29, 1.82) is 0 Å². The van der Waals surface area contributed by atoms with Crippen molar-refractivity contribution >= 4 is 5.91 Å². The van der Waals surface area contributed by atoms with Crippen LogP contribution in [0.15, 0.2) is 65.6 Å². The van der Waals surface area contributed by atoms with Crippen LogP contribution >= 0.6 is 0 Å². The second-order valence-electron chi connectivity index (χ2n) is 6.83. The summed E-state index contributed by atoms with van der Waals surface area (Å²) in [6.45, 7) is 4.87. The molecule has 0 spiro atoms. The first-order valence-corrected chi connectivity index (χ1v) is 9.43. The molecule has 0 unspecified atom stereocenters. The zero-order chi connectivity index (χ0) is 19.2. The maximum Gasteiger partial charge on any atom is 0.251 e. The monoisotopic (exact) mass is 377 g/mol. The maximum absolute atomic E-state index is 12.3. The van der Waals surface area contributed by atoms with Crippen LogP contribution in [0.2, 0.25) is 0 Å². The number of hydrogen-bond acceptors (Lipinski definition) is 5. The van der Waals surface area contributed by atoms with Crippen molar-refractivity contribution in [2.45, 2.75) is 13.1 Å². The van der Waals surface area contributed by atoms with Crippen molar-refractivity contribution < 1.29 is 13.9 Å². The van der Waals surface area contributed by atoms with Crippen molar-refractivity contribution in [2.24, 2.45) is 0 Å². The van der Waals surface area contributed by atoms with Crippen LogP contribution in [0.4, 0.5) is 0 Å². The fraction of sp³-hybridized carbons (Fsp3) is 0.273. The first-order chi connectivity index (χ1) is 13.8. The summed E-state index contributed by atoms with van der Waals surface area (Å²) in [4.78, 5) is 19.2. The normalized spacial score (nSPS) is 14.7. The number of pyridine rings is 1. The molecule has 3 heterocycles. The molecule has 0 aliphatic carbocycles. The Balaban J connectivity index is 1.35. The molecule has 2 aromatic heterocycles. The number of hydrogen-bond donors (Lipinski definition) is 1. The van der Waals surface area contributed by atoms with Crippen LogP contribution in [0.1, 0.15) is 21.5 Å². The van der Waals surface area contributed by atoms with E-state index in [0.717, 1.165) is 49.7 Å². The average Bonchev–Trinajstić information content (AvgIpc) is 3.27. The van der Waals surface area contributed by atoms with E-state index in [4.69, 9.17) is 9.15 Å². The molecule has 1 amide bonds. The van der Waals surface area contributed by atoms with Gasteiger partial charge < -0.3 is 14.5 Å². The highest BCUT2D eigenvalue weighted by Crippen LogP contribution is 2.18. The van der Waals surface area contributed by atoms with Crippen molar-refractivity contribution in [3.8, 4) is 11.3 Å². The minimum absolute atomic E-state index is 0.110. The number of ether oxygens (including phenoxy) is 1. The molecule has 1 N–H and O–H groups in total. The van der Waals surface area contributed by atoms with Gasteiger partial charge in [0.15, 0.2) is 0 Å². The summed E-state index contributed by atoms with van der Waals surface area (Å²) in [6.07, 6.45) is 5.14. The molecule has 28 heavy (non-hydrogen) atoms. The average molecular weight is 377 g/mol. The largest absolute Gasteiger partial charge is 0.472 e. The van der Waals surface area contributed by atoms with E-state index in [1.54, 1.807) is 12.5 Å². The van der Waals surface area contributed by atoms with Gasteiger partial charge in [-0.25, -0.2) is 0 Å². The predicted octanol–water partition coefficient (Wildman–Crippen LogP) is 3.10. The van der Waals surface area contributed by atoms with E-state index in [0.29, 0.717) is 12.1 Å². The third-order valence-electron chi connectivity index (χ3n) is 4.81. The number of furan rings is 1. The summed E-state index contributed by atoms with van der Waals surface area (Å²) < 4.78 is 10.4. The van der Waals surface area contributed by atoms with E-state index in [-0.39, 0.29) is 5.91 Å². The van der Waals surface area contributed by atoms with Crippen molar-refractivity contribution in [1.82, 2.24) is 15.2 Å². The van der Waals surface area contributed by atoms with Crippen LogP contribution in [0.25, 0.3) is 11.3 Å². The molecule has 0 bridgehead atoms. The quantitative estimate of drug-likeness (QED) is 0.715. The van der Waals surface area contributed by atoms with Gasteiger partial charge in [0.25, 0.3) is 5.91 Å². The number of amides is 1. The zero-order valence-electron chi connectivity index (χ0n) is 15.6. The van der Waals surface area contributed by atoms with Gasteiger partial charge in [0, 0.05) is 49.1 Å². The van der Waals surface area contributed by atoms with Gasteiger partial charge in [0.1, 0.15) is 0 Å². The van der Waals surface area contributed by atoms with E-state index in [9.17, 15) is 4.79 Å². The molecule has 144 valence electrons. The van der Waals surface area contributed by atoms with Gasteiger partial charge in [-0.3, -0.25) is 14.7 Å². The molecule has 1 aliphatic heterocycles. The fourth-order valence-electron chi connectivity index (χ4n) is 3.18. The van der Waals surface area contributed by atoms with Gasteiger partial charge in [-0.2, -0.15) is 0 Å². The molecular formula is C22H23N3O3. The van der Waals surface area contributed by atoms with E-state index >= 15 is 0 Å². The highest BCUT2D eigenvalue weighted by atomic mass is 16.5. The second-order valence-corrected chi connectivity index (χ2v) is 6.83. The van der Waals surface area contributed by atoms with Crippen LogP contribution < -0.4 is 5.32 Å². The topological polar surface area (TPSA) is 67.6 Å². The van der Waals surface area contributed by atoms with Crippen LogP contribution in [0.3, 0.4) is 0 Å². The second kappa shape index (κ2) is 8.82. The molecule has 0 saturated carbocycles. The van der Waals surface area contributed by atoms with Crippen LogP contribution in [0.5, 0.6) is 0 Å². The van der Waals surface area contributed by atoms with Gasteiger partial charge in [0.2, 0.25) is 0 Å². The summed E-state index contributed by atoms with van der Waals surface area (Å²) in [5.74, 6) is -0.110. The number of nitrogens with zero attached hydrogens (tertiary/aromatic N) is 2. The summed E-state index contributed by atoms with van der Waals surface area (Å²) in [5.41, 5.74) is 4.64. The van der Waals surface area contributed by atoms with Crippen molar-refractivity contribution in [3.05, 3.63) is 77.9 Å². The number of rotatable bonds is 6. The Hall–Kier alpha value is -2.96. The SMILES string of the molecule is O=C(NCc1ccoc1)c1ccc(-c2ccc(CN3CCOCC3)cn2)cc1. The number of carbonyl (C=O) groups is 1. The minimum atomic E-state index is -0.110. The number of aromatic nitrogens is 1. The number of benzene rings is 1. The Morgan fingerprint density at radius 3 is 2.54 bits per heavy atom. The van der Waals surface area contributed by atoms with Crippen LogP contribution in [-0.2, 0) is 17.8 Å². The Bertz CT molecular complexity index is 884. The molecule has 3 aromatic rings. The minimum Gasteiger partial charge on any atom is -0.472 e. The third-order valence-corrected chi connectivity index (χ3v) is 4.81. The first-order valence-electron chi connectivity index (χ1n) is 9.43. The first kappa shape index (κ1) is 18.4. The van der Waals surface area contributed by atoms with Gasteiger partial charge in [-0.1, -0.05) is 18.2 Å². The molecule has 1 aromatic carbocycles. The van der Waals surface area contributed by atoms with Gasteiger partial charge in [0.05, 0.1) is 31.4 Å². The van der Waals surface area contributed by atoms with Gasteiger partial charge in [-0.05, 0) is 29.8 Å². The molecule has 1 fully saturated rings. The fourth-order valence-corrected chi connectivity index (χ4v) is 3.18. The van der Waals surface area contributed by atoms with Gasteiger partial charge >= 0.3 is 0 Å². The molecule has 1 saturated heterocycles. The third kappa shape index (κ3) is 4.65. The van der Waals surface area contributed by atoms with Crippen LogP contribution in [-0.4, -0.2) is 42.1 Å². The highest BCUT2D eigenvalue weighted by molar-refractivity contribution is 5.94. The lowest BCUT2D eigenvalue weighted by Gasteiger charge is -2.26. The predicted molar refractivity (Wildman–Crippen MR) is 106 cm³/mol. The van der Waals surface area contributed by atoms with Crippen molar-refractivity contribution in [3.63, 3.8) is 0 Å². The van der Waals surface area contributed by atoms with Crippen LogP contribution in [0, 0.1) is 0 Å². The van der Waals surface area contributed by atoms with E-state index in [1.807, 2.05) is 42.6 Å². The van der Waals surface area contributed by atoms with E-state index < -0.39 is 0 Å². The molecular weight excluding hydrogens is 354 g/mol. The molecule has 6 nitrogen and oxygen atoms in total. The van der Waals surface area contributed by atoms with E-state index in [2.05, 4.69) is 21.3 Å². The Morgan fingerprint density at radius 1 is 1.04 bits per heavy atom. The number of carbonyl (C=O) groups excluding carboxylic acids is 1. The molecule has 0 atom stereocenters. The summed E-state index contributed by atoms with van der Waals surface area (Å²) >= 11 is 0. The van der Waals surface area contributed by atoms with Crippen molar-refractivity contribution in [2.75, 3.05) is 26.3 Å². The highest BCUT2D eigenvalue weighted by Gasteiger charge is 2.11. The lowest BCUT2D eigenvalue weighted by molar-refractivity contribution is 0.0341. The summed E-state index contributed by atoms with van der Waals surface area (Å²) in [6, 6.07) is 13.5. The Labute approximate surface area is 164 Å². The molecule has 6 heteroatoms. The summed E-state index contributed by atoms with van der Waals surface area (Å²) in [5, 5.41) is 2.88. The lowest BCUT2D eigenvalue weighted by atomic mass is 10.1. The Morgan fingerprint density at radius 2 is 1.86 bits per heavy atom. The summed E-state index contributed by atoms with van der Waals surface area (Å²) in [7, 11) is 0. The number of nitrogens with one attached hydrogen (secondary N) is 1. The molecule has 0 radical (unpaired) electrons.